The van der Waals surface area contributed by atoms with Gasteiger partial charge in [0.25, 0.3) is 0 Å². The number of carbonyl (C=O) groups excluding carboxylic acids is 1. The van der Waals surface area contributed by atoms with Crippen molar-refractivity contribution in [3.05, 3.63) is 60.1 Å². The highest BCUT2D eigenvalue weighted by atomic mass is 16.5. The van der Waals surface area contributed by atoms with E-state index in [1.807, 2.05) is 24.5 Å². The van der Waals surface area contributed by atoms with E-state index in [9.17, 15) is 4.79 Å². The van der Waals surface area contributed by atoms with Crippen molar-refractivity contribution in [3.63, 3.8) is 0 Å². The summed E-state index contributed by atoms with van der Waals surface area (Å²) in [6.45, 7) is 4.85. The van der Waals surface area contributed by atoms with Gasteiger partial charge in [0.2, 0.25) is 0 Å². The van der Waals surface area contributed by atoms with Crippen molar-refractivity contribution < 1.29 is 9.53 Å². The number of imidazole rings is 2. The van der Waals surface area contributed by atoms with Gasteiger partial charge in [-0.05, 0) is 24.3 Å². The molecule has 0 spiro atoms. The van der Waals surface area contributed by atoms with Gasteiger partial charge >= 0.3 is 5.97 Å². The average molecular weight is 402 g/mol. The number of rotatable bonds is 4. The predicted octanol–water partition coefficient (Wildman–Crippen LogP) is 2.71. The van der Waals surface area contributed by atoms with Gasteiger partial charge in [-0.15, -0.1) is 0 Å². The summed E-state index contributed by atoms with van der Waals surface area (Å²) in [7, 11) is 1.34. The number of methoxy groups -OCH3 is 1. The fourth-order valence-electron chi connectivity index (χ4n) is 4.05. The predicted molar refractivity (Wildman–Crippen MR) is 112 cm³/mol. The SMILES string of the molecule is CCc1nc(-c2cccc3c(-c4ccc(C(=O)OC)nc4)ncn23)c2n1CCNC2. The highest BCUT2D eigenvalue weighted by Gasteiger charge is 2.22. The van der Waals surface area contributed by atoms with Gasteiger partial charge in [0, 0.05) is 37.8 Å². The van der Waals surface area contributed by atoms with Crippen LogP contribution in [-0.2, 0) is 24.2 Å². The molecule has 0 amide bonds. The molecule has 0 saturated carbocycles. The summed E-state index contributed by atoms with van der Waals surface area (Å²) in [6.07, 6.45) is 4.37. The molecular weight excluding hydrogens is 380 g/mol. The first-order valence-corrected chi connectivity index (χ1v) is 10.0. The number of esters is 1. The van der Waals surface area contributed by atoms with E-state index >= 15 is 0 Å². The van der Waals surface area contributed by atoms with Gasteiger partial charge in [0.05, 0.1) is 29.7 Å². The maximum Gasteiger partial charge on any atom is 0.356 e. The Morgan fingerprint density at radius 2 is 2.10 bits per heavy atom. The van der Waals surface area contributed by atoms with E-state index in [0.717, 1.165) is 60.0 Å². The molecule has 1 N–H and O–H groups in total. The molecule has 5 heterocycles. The standard InChI is InChI=1S/C22H22N6O2/c1-3-19-26-21(18-12-23-9-10-27(18)19)17-6-4-5-16-20(25-13-28(16)17)14-7-8-15(24-11-14)22(29)30-2/h4-8,11,13,23H,3,9-10,12H2,1-2H3. The van der Waals surface area contributed by atoms with E-state index in [-0.39, 0.29) is 5.69 Å². The van der Waals surface area contributed by atoms with Gasteiger partial charge in [-0.2, -0.15) is 0 Å². The van der Waals surface area contributed by atoms with Crippen LogP contribution in [-0.4, -0.2) is 43.5 Å². The minimum Gasteiger partial charge on any atom is -0.464 e. The molecule has 0 unspecified atom stereocenters. The Kier molecular flexibility index (Phi) is 4.55. The number of nitrogens with zero attached hydrogens (tertiary/aromatic N) is 5. The van der Waals surface area contributed by atoms with Crippen LogP contribution < -0.4 is 5.32 Å². The average Bonchev–Trinajstić information content (AvgIpc) is 3.40. The molecule has 1 aliphatic heterocycles. The Balaban J connectivity index is 1.62. The van der Waals surface area contributed by atoms with Crippen LogP contribution in [0.15, 0.2) is 42.9 Å². The Morgan fingerprint density at radius 1 is 1.20 bits per heavy atom. The molecule has 1 aliphatic rings. The minimum atomic E-state index is -0.455. The van der Waals surface area contributed by atoms with Gasteiger partial charge < -0.3 is 14.6 Å². The molecule has 8 heteroatoms. The van der Waals surface area contributed by atoms with Crippen LogP contribution in [0.25, 0.3) is 28.2 Å². The number of carbonyl (C=O) groups is 1. The number of hydrogen-bond acceptors (Lipinski definition) is 6. The molecule has 0 radical (unpaired) electrons. The first-order valence-electron chi connectivity index (χ1n) is 10.0. The lowest BCUT2D eigenvalue weighted by Gasteiger charge is -2.18. The zero-order chi connectivity index (χ0) is 20.7. The number of ether oxygens (including phenoxy) is 1. The Bertz CT molecular complexity index is 1240. The largest absolute Gasteiger partial charge is 0.464 e. The van der Waals surface area contributed by atoms with E-state index in [1.54, 1.807) is 12.3 Å². The van der Waals surface area contributed by atoms with Crippen molar-refractivity contribution in [1.82, 2.24) is 29.2 Å². The Morgan fingerprint density at radius 3 is 2.87 bits per heavy atom. The van der Waals surface area contributed by atoms with Crippen LogP contribution in [0, 0.1) is 0 Å². The quantitative estimate of drug-likeness (QED) is 0.528. The summed E-state index contributed by atoms with van der Waals surface area (Å²) in [4.78, 5) is 25.5. The molecule has 4 aromatic rings. The van der Waals surface area contributed by atoms with E-state index in [2.05, 4.69) is 37.2 Å². The van der Waals surface area contributed by atoms with Gasteiger partial charge in [0.15, 0.2) is 0 Å². The second kappa shape index (κ2) is 7.38. The normalized spacial score (nSPS) is 13.4. The molecule has 5 rings (SSSR count). The molecule has 30 heavy (non-hydrogen) atoms. The second-order valence-electron chi connectivity index (χ2n) is 7.19. The van der Waals surface area contributed by atoms with Gasteiger partial charge in [-0.25, -0.2) is 19.7 Å². The van der Waals surface area contributed by atoms with Crippen LogP contribution in [0.1, 0.15) is 28.9 Å². The summed E-state index contributed by atoms with van der Waals surface area (Å²) in [6, 6.07) is 9.63. The molecule has 0 saturated heterocycles. The summed E-state index contributed by atoms with van der Waals surface area (Å²) < 4.78 is 9.12. The number of pyridine rings is 2. The van der Waals surface area contributed by atoms with Crippen LogP contribution >= 0.6 is 0 Å². The van der Waals surface area contributed by atoms with E-state index in [1.165, 1.54) is 12.8 Å². The third-order valence-electron chi connectivity index (χ3n) is 5.52. The second-order valence-corrected chi connectivity index (χ2v) is 7.19. The molecule has 0 atom stereocenters. The lowest BCUT2D eigenvalue weighted by atomic mass is 10.1. The fourth-order valence-corrected chi connectivity index (χ4v) is 4.05. The first-order chi connectivity index (χ1) is 14.7. The molecule has 152 valence electrons. The van der Waals surface area contributed by atoms with E-state index in [0.29, 0.717) is 0 Å². The van der Waals surface area contributed by atoms with Crippen molar-refractivity contribution in [3.8, 4) is 22.6 Å². The van der Waals surface area contributed by atoms with Crippen LogP contribution in [0.2, 0.25) is 0 Å². The zero-order valence-corrected chi connectivity index (χ0v) is 16.9. The van der Waals surface area contributed by atoms with Crippen molar-refractivity contribution in [2.75, 3.05) is 13.7 Å². The highest BCUT2D eigenvalue weighted by Crippen LogP contribution is 2.30. The lowest BCUT2D eigenvalue weighted by Crippen LogP contribution is -2.28. The third-order valence-corrected chi connectivity index (χ3v) is 5.52. The highest BCUT2D eigenvalue weighted by molar-refractivity contribution is 5.88. The zero-order valence-electron chi connectivity index (χ0n) is 16.9. The molecular formula is C22H22N6O2. The van der Waals surface area contributed by atoms with Crippen molar-refractivity contribution in [1.29, 1.82) is 0 Å². The number of aromatic nitrogens is 5. The third kappa shape index (κ3) is 2.88. The van der Waals surface area contributed by atoms with Gasteiger partial charge in [0.1, 0.15) is 23.5 Å². The molecule has 0 aliphatic carbocycles. The van der Waals surface area contributed by atoms with Crippen LogP contribution in [0.5, 0.6) is 0 Å². The van der Waals surface area contributed by atoms with Crippen LogP contribution in [0.4, 0.5) is 0 Å². The van der Waals surface area contributed by atoms with Crippen LogP contribution in [0.3, 0.4) is 0 Å². The number of nitrogens with one attached hydrogen (secondary N) is 1. The van der Waals surface area contributed by atoms with Gasteiger partial charge in [-0.1, -0.05) is 13.0 Å². The van der Waals surface area contributed by atoms with E-state index in [4.69, 9.17) is 9.72 Å². The molecule has 8 nitrogen and oxygen atoms in total. The first kappa shape index (κ1) is 18.5. The Hall–Kier alpha value is -3.52. The number of aryl methyl sites for hydroxylation is 1. The molecule has 0 fully saturated rings. The van der Waals surface area contributed by atoms with Crippen molar-refractivity contribution in [2.45, 2.75) is 26.4 Å². The summed E-state index contributed by atoms with van der Waals surface area (Å²) >= 11 is 0. The van der Waals surface area contributed by atoms with Crippen molar-refractivity contribution in [2.24, 2.45) is 0 Å². The monoisotopic (exact) mass is 402 g/mol. The lowest BCUT2D eigenvalue weighted by molar-refractivity contribution is 0.0594. The maximum atomic E-state index is 11.7. The maximum absolute atomic E-state index is 11.7. The molecule has 0 bridgehead atoms. The van der Waals surface area contributed by atoms with Gasteiger partial charge in [-0.3, -0.25) is 4.40 Å². The summed E-state index contributed by atoms with van der Waals surface area (Å²) in [5.41, 5.74) is 6.10. The number of hydrogen-bond donors (Lipinski definition) is 1. The minimum absolute atomic E-state index is 0.273. The number of fused-ring (bicyclic) bond motifs is 2. The Labute approximate surface area is 173 Å². The van der Waals surface area contributed by atoms with Crippen molar-refractivity contribution >= 4 is 11.5 Å². The molecule has 0 aromatic carbocycles. The van der Waals surface area contributed by atoms with E-state index < -0.39 is 5.97 Å². The molecule has 4 aromatic heterocycles. The summed E-state index contributed by atoms with van der Waals surface area (Å²) in [5, 5.41) is 3.46. The fraction of sp³-hybridized carbons (Fsp3) is 0.273. The topological polar surface area (TPSA) is 86.3 Å². The smallest absolute Gasteiger partial charge is 0.356 e. The summed E-state index contributed by atoms with van der Waals surface area (Å²) in [5.74, 6) is 0.657.